The quantitative estimate of drug-likeness (QED) is 0.0271. The lowest BCUT2D eigenvalue weighted by Crippen LogP contribution is -2.47. The Balaban J connectivity index is 0.814. The maximum Gasteiger partial charge on any atom is 0.291 e. The summed E-state index contributed by atoms with van der Waals surface area (Å²) in [6.07, 6.45) is 14.4. The summed E-state index contributed by atoms with van der Waals surface area (Å²) < 4.78 is 17.0. The number of aliphatic hydroxyl groups excluding tert-OH is 1. The van der Waals surface area contributed by atoms with Gasteiger partial charge in [0.15, 0.2) is 11.6 Å². The Kier molecular flexibility index (Phi) is 23.3. The number of carbonyl (C=O) groups is 11. The first kappa shape index (κ1) is 71.0. The third-order valence-electron chi connectivity index (χ3n) is 14.9. The number of nitrogens with zero attached hydrogens (tertiary/aromatic N) is 11. The number of hydrogen-bond donors (Lipinski definition) is 12. The van der Waals surface area contributed by atoms with Gasteiger partial charge < -0.3 is 110 Å². The maximum absolute atomic E-state index is 13.9. The summed E-state index contributed by atoms with van der Waals surface area (Å²) in [6, 6.07) is 7.41. The molecule has 8 heterocycles. The number of rotatable bonds is 31. The van der Waals surface area contributed by atoms with Gasteiger partial charge in [0.25, 0.3) is 47.3 Å². The maximum atomic E-state index is 13.9. The monoisotopic (exact) mass is 1340 g/mol. The number of carbonyl (C=O) groups excluding carboxylic acids is 11. The van der Waals surface area contributed by atoms with Crippen LogP contribution in [0, 0.1) is 0 Å². The van der Waals surface area contributed by atoms with Gasteiger partial charge in [-0.25, -0.2) is 9.97 Å². The van der Waals surface area contributed by atoms with Crippen LogP contribution in [0.15, 0.2) is 92.2 Å². The van der Waals surface area contributed by atoms with Crippen molar-refractivity contribution in [2.24, 2.45) is 56.4 Å². The van der Waals surface area contributed by atoms with E-state index in [9.17, 15) is 57.8 Å². The van der Waals surface area contributed by atoms with Crippen molar-refractivity contribution in [1.82, 2.24) is 72.7 Å². The fourth-order valence-corrected chi connectivity index (χ4v) is 10.1. The number of anilines is 7. The molecule has 8 aromatic heterocycles. The van der Waals surface area contributed by atoms with Crippen molar-refractivity contribution < 1.29 is 62.6 Å². The minimum atomic E-state index is -1.27. The van der Waals surface area contributed by atoms with Crippen molar-refractivity contribution >= 4 is 105 Å². The molecule has 8 aromatic rings. The number of aliphatic hydroxyl groups is 1. The van der Waals surface area contributed by atoms with Crippen molar-refractivity contribution in [3.63, 3.8) is 0 Å². The van der Waals surface area contributed by atoms with E-state index in [1.807, 2.05) is 19.0 Å². The number of ether oxygens (including phenoxy) is 1. The Bertz CT molecular complexity index is 4280. The molecule has 0 saturated heterocycles. The van der Waals surface area contributed by atoms with Gasteiger partial charge in [-0.3, -0.25) is 52.7 Å². The molecular formula is C62H78N22O13. The highest BCUT2D eigenvalue weighted by Gasteiger charge is 2.26. The number of imidazole rings is 2. The number of nitrogens with one attached hydrogen (secondary N) is 11. The third kappa shape index (κ3) is 18.7. The lowest BCUT2D eigenvalue weighted by atomic mass is 10.1. The van der Waals surface area contributed by atoms with Crippen molar-refractivity contribution in [1.29, 1.82) is 0 Å². The topological polar surface area (TPSA) is 418 Å². The standard InChI is InChI=1S/C62H78N22O13/c1-76(2)18-11-14-63-50(86)13-16-66-56(90)43-22-37(29-78(43)4)68-58(92)46-25-39(31-81(46)7)70-59(93)47-26-38(30-82(47)8)69-57(91)45-24-36(28-80(45)6)67-54(88)42(73-51(87)35-97-21-20-85)12-15-65-55(89)44-23-40(32-79(44)5)72-62(96)53-74-49(34-84(53)10)75-60(94)48-27-41(33-83(48)9)71-61(95)52-64-17-19-77(52)3/h17,19,22-34,42,85H,11-16,18,20-21,35H2,1-10H3,(H,63,86)(H,65,89)(H,66,90)(H,67,88)(H,68,92)(H,69,91)(H,70,93)(H,71,95)(H,72,96)(H,73,87)(H,75,94)/t42-/m1/s1. The molecule has 0 aliphatic rings. The molecule has 0 fully saturated rings. The molecule has 0 radical (unpaired) electrons. The molecule has 0 aliphatic heterocycles. The molecule has 12 N–H and O–H groups in total. The summed E-state index contributed by atoms with van der Waals surface area (Å²) in [5, 5.41) is 39.1. The predicted octanol–water partition coefficient (Wildman–Crippen LogP) is 1.14. The van der Waals surface area contributed by atoms with Crippen molar-refractivity contribution in [2.75, 3.05) is 97.3 Å². The van der Waals surface area contributed by atoms with E-state index in [0.29, 0.717) is 17.9 Å². The fraction of sp³-hybridized carbons (Fsp3) is 0.339. The van der Waals surface area contributed by atoms with E-state index >= 15 is 0 Å². The molecule has 8 rings (SSSR count). The summed E-state index contributed by atoms with van der Waals surface area (Å²) in [5.74, 6) is -5.95. The highest BCUT2D eigenvalue weighted by Crippen LogP contribution is 2.23. The smallest absolute Gasteiger partial charge is 0.291 e. The van der Waals surface area contributed by atoms with Crippen LogP contribution in [0.2, 0.25) is 0 Å². The van der Waals surface area contributed by atoms with Gasteiger partial charge in [-0.1, -0.05) is 0 Å². The first-order chi connectivity index (χ1) is 46.1. The van der Waals surface area contributed by atoms with Crippen LogP contribution in [0.4, 0.5) is 39.9 Å². The molecule has 0 aliphatic carbocycles. The Morgan fingerprint density at radius 3 is 1.31 bits per heavy atom. The van der Waals surface area contributed by atoms with Crippen LogP contribution >= 0.6 is 0 Å². The normalized spacial score (nSPS) is 11.4. The van der Waals surface area contributed by atoms with Crippen LogP contribution in [-0.2, 0) is 75.5 Å². The first-order valence-electron chi connectivity index (χ1n) is 30.3. The number of aryl methyl sites for hydroxylation is 8. The minimum absolute atomic E-state index is 0.0517. The molecule has 514 valence electrons. The molecule has 35 nitrogen and oxygen atoms in total. The minimum Gasteiger partial charge on any atom is -0.394 e. The summed E-state index contributed by atoms with van der Waals surface area (Å²) >= 11 is 0. The van der Waals surface area contributed by atoms with Crippen LogP contribution in [0.1, 0.15) is 103 Å². The van der Waals surface area contributed by atoms with Crippen molar-refractivity contribution in [3.05, 3.63) is 138 Å². The summed E-state index contributed by atoms with van der Waals surface area (Å²) in [6.45, 7) is 0.326. The lowest BCUT2D eigenvalue weighted by Gasteiger charge is -2.18. The van der Waals surface area contributed by atoms with Gasteiger partial charge >= 0.3 is 0 Å². The molecule has 97 heavy (non-hydrogen) atoms. The Morgan fingerprint density at radius 1 is 0.464 bits per heavy atom. The van der Waals surface area contributed by atoms with E-state index in [1.165, 1.54) is 101 Å². The van der Waals surface area contributed by atoms with Crippen LogP contribution in [0.25, 0.3) is 0 Å². The van der Waals surface area contributed by atoms with Crippen LogP contribution in [-0.4, -0.2) is 188 Å². The average molecular weight is 1340 g/mol. The van der Waals surface area contributed by atoms with E-state index in [4.69, 9.17) is 4.74 Å². The summed E-state index contributed by atoms with van der Waals surface area (Å²) in [4.78, 5) is 156. The number of aromatic nitrogens is 10. The fourth-order valence-electron chi connectivity index (χ4n) is 10.1. The van der Waals surface area contributed by atoms with Gasteiger partial charge in [-0.15, -0.1) is 0 Å². The van der Waals surface area contributed by atoms with Crippen molar-refractivity contribution in [2.45, 2.75) is 25.3 Å². The predicted molar refractivity (Wildman–Crippen MR) is 355 cm³/mol. The Morgan fingerprint density at radius 2 is 0.876 bits per heavy atom. The van der Waals surface area contributed by atoms with Crippen LogP contribution in [0.5, 0.6) is 0 Å². The third-order valence-corrected chi connectivity index (χ3v) is 14.9. The van der Waals surface area contributed by atoms with Gasteiger partial charge in [-0.2, -0.15) is 0 Å². The van der Waals surface area contributed by atoms with Crippen molar-refractivity contribution in [3.8, 4) is 0 Å². The largest absolute Gasteiger partial charge is 0.394 e. The summed E-state index contributed by atoms with van der Waals surface area (Å²) in [7, 11) is 16.7. The first-order valence-corrected chi connectivity index (χ1v) is 30.3. The molecule has 35 heteroatoms. The van der Waals surface area contributed by atoms with E-state index in [1.54, 1.807) is 84.1 Å². The lowest BCUT2D eigenvalue weighted by molar-refractivity contribution is -0.130. The average Bonchev–Trinajstić information content (AvgIpc) is 1.70. The van der Waals surface area contributed by atoms with Crippen LogP contribution in [0.3, 0.4) is 0 Å². The zero-order chi connectivity index (χ0) is 70.4. The molecule has 0 aromatic carbocycles. The SMILES string of the molecule is CN(C)CCCNC(=O)CCNC(=O)c1cc(NC(=O)c2cc(NC(=O)c3cc(NC(=O)c4cc(NC(=O)[C@@H](CCNC(=O)c5cc(NC(=O)c6nc(NC(=O)c7cc(NC(=O)c8nccn8C)cn7C)cn6C)cn5C)NC(=O)COCCO)cn4C)cn3C)cn2C)cn1C. The highest BCUT2D eigenvalue weighted by molar-refractivity contribution is 6.10. The molecule has 1 atom stereocenters. The van der Waals surface area contributed by atoms with E-state index in [-0.39, 0.29) is 119 Å². The van der Waals surface area contributed by atoms with Gasteiger partial charge in [0, 0.05) is 138 Å². The molecule has 11 amide bonds. The molecule has 0 unspecified atom stereocenters. The second-order valence-corrected chi connectivity index (χ2v) is 22.9. The van der Waals surface area contributed by atoms with Gasteiger partial charge in [0.05, 0.1) is 47.3 Å². The van der Waals surface area contributed by atoms with E-state index in [0.717, 1.165) is 13.0 Å². The van der Waals surface area contributed by atoms with E-state index in [2.05, 4.69) is 68.5 Å². The number of amides is 11. The zero-order valence-corrected chi connectivity index (χ0v) is 55.1. The van der Waals surface area contributed by atoms with Crippen LogP contribution < -0.4 is 58.5 Å². The van der Waals surface area contributed by atoms with Gasteiger partial charge in [0.2, 0.25) is 23.5 Å². The molecular weight excluding hydrogens is 1260 g/mol. The van der Waals surface area contributed by atoms with Gasteiger partial charge in [-0.05, 0) is 69.9 Å². The Hall–Kier alpha value is -11.8. The molecule has 0 bridgehead atoms. The second kappa shape index (κ2) is 31.9. The highest BCUT2D eigenvalue weighted by atomic mass is 16.5. The summed E-state index contributed by atoms with van der Waals surface area (Å²) in [5.41, 5.74) is 2.51. The Labute approximate surface area is 555 Å². The van der Waals surface area contributed by atoms with Gasteiger partial charge in [0.1, 0.15) is 46.8 Å². The van der Waals surface area contributed by atoms with E-state index < -0.39 is 71.7 Å². The second-order valence-electron chi connectivity index (χ2n) is 22.9. The molecule has 0 spiro atoms. The number of hydrogen-bond acceptors (Lipinski definition) is 16. The molecule has 0 saturated carbocycles. The zero-order valence-electron chi connectivity index (χ0n) is 55.1.